The number of thiophene rings is 1. The lowest BCUT2D eigenvalue weighted by Gasteiger charge is -2.05. The first kappa shape index (κ1) is 12.5. The van der Waals surface area contributed by atoms with Gasteiger partial charge in [-0.25, -0.2) is 15.0 Å². The molecule has 0 spiro atoms. The summed E-state index contributed by atoms with van der Waals surface area (Å²) in [6.45, 7) is 4.95. The van der Waals surface area contributed by atoms with Gasteiger partial charge in [0.2, 0.25) is 0 Å². The molecule has 0 radical (unpaired) electrons. The van der Waals surface area contributed by atoms with Crippen LogP contribution in [0.25, 0.3) is 10.2 Å². The minimum atomic E-state index is 0.764. The van der Waals surface area contributed by atoms with E-state index in [4.69, 9.17) is 0 Å². The zero-order valence-electron chi connectivity index (χ0n) is 10.8. The summed E-state index contributed by atoms with van der Waals surface area (Å²) in [7, 11) is 0. The number of aryl methyl sites for hydroxylation is 2. The van der Waals surface area contributed by atoms with E-state index in [-0.39, 0.29) is 0 Å². The van der Waals surface area contributed by atoms with Gasteiger partial charge in [0.15, 0.2) is 0 Å². The summed E-state index contributed by atoms with van der Waals surface area (Å²) in [4.78, 5) is 16.6. The summed E-state index contributed by atoms with van der Waals surface area (Å²) < 4.78 is 0. The number of anilines is 1. The summed E-state index contributed by atoms with van der Waals surface area (Å²) in [6, 6.07) is 2.18. The quantitative estimate of drug-likeness (QED) is 0.797. The Morgan fingerprint density at radius 1 is 1.26 bits per heavy atom. The molecule has 0 aliphatic heterocycles. The fourth-order valence-electron chi connectivity index (χ4n) is 1.88. The molecule has 0 atom stereocenters. The molecule has 3 heterocycles. The normalized spacial score (nSPS) is 11.1. The summed E-state index contributed by atoms with van der Waals surface area (Å²) in [5.41, 5.74) is 2.96. The van der Waals surface area contributed by atoms with E-state index >= 15 is 0 Å². The predicted octanol–water partition coefficient (Wildman–Crippen LogP) is 3.63. The summed E-state index contributed by atoms with van der Waals surface area (Å²) in [5.74, 6) is 0.911. The fraction of sp³-hybridized carbons (Fsp3) is 0.308. The largest absolute Gasteiger partial charge is 0.364 e. The van der Waals surface area contributed by atoms with Crippen LogP contribution in [0.3, 0.4) is 0 Å². The van der Waals surface area contributed by atoms with Crippen molar-refractivity contribution in [2.75, 3.05) is 5.32 Å². The van der Waals surface area contributed by atoms with Gasteiger partial charge in [-0.2, -0.15) is 0 Å². The van der Waals surface area contributed by atoms with Gasteiger partial charge < -0.3 is 5.32 Å². The molecule has 1 N–H and O–H groups in total. The molecule has 0 saturated heterocycles. The molecule has 3 aromatic heterocycles. The van der Waals surface area contributed by atoms with E-state index in [9.17, 15) is 0 Å². The minimum Gasteiger partial charge on any atom is -0.364 e. The Balaban J connectivity index is 1.88. The number of nitrogens with zero attached hydrogens (tertiary/aromatic N) is 3. The Labute approximate surface area is 119 Å². The van der Waals surface area contributed by atoms with Gasteiger partial charge in [0.25, 0.3) is 0 Å². The summed E-state index contributed by atoms with van der Waals surface area (Å²) in [6.07, 6.45) is 2.66. The molecule has 4 nitrogen and oxygen atoms in total. The van der Waals surface area contributed by atoms with Crippen LogP contribution in [-0.2, 0) is 13.0 Å². The standard InChI is InChI=1S/C13H14N4S2/c1-3-9-4-10-12(15-6-16-13(10)19-9)14-5-11-8(2)17-7-18-11/h4,6-7H,3,5H2,1-2H3,(H,14,15,16). The predicted molar refractivity (Wildman–Crippen MR) is 81.0 cm³/mol. The number of aromatic nitrogens is 3. The molecular formula is C13H14N4S2. The van der Waals surface area contributed by atoms with Gasteiger partial charge in [-0.05, 0) is 19.4 Å². The van der Waals surface area contributed by atoms with E-state index in [1.807, 2.05) is 12.4 Å². The van der Waals surface area contributed by atoms with Crippen molar-refractivity contribution in [2.24, 2.45) is 0 Å². The second kappa shape index (κ2) is 5.22. The maximum absolute atomic E-state index is 4.35. The third-order valence-corrected chi connectivity index (χ3v) is 5.11. The van der Waals surface area contributed by atoms with Crippen molar-refractivity contribution in [1.82, 2.24) is 15.0 Å². The van der Waals surface area contributed by atoms with E-state index in [0.717, 1.165) is 34.7 Å². The van der Waals surface area contributed by atoms with Gasteiger partial charge >= 0.3 is 0 Å². The maximum atomic E-state index is 4.35. The van der Waals surface area contributed by atoms with Crippen LogP contribution in [0.1, 0.15) is 22.4 Å². The molecule has 0 fully saturated rings. The molecule has 0 aliphatic carbocycles. The van der Waals surface area contributed by atoms with Gasteiger partial charge in [-0.3, -0.25) is 0 Å². The Kier molecular flexibility index (Phi) is 3.44. The van der Waals surface area contributed by atoms with Crippen LogP contribution < -0.4 is 5.32 Å². The molecule has 19 heavy (non-hydrogen) atoms. The third-order valence-electron chi connectivity index (χ3n) is 2.99. The second-order valence-electron chi connectivity index (χ2n) is 4.22. The van der Waals surface area contributed by atoms with Gasteiger partial charge in [0.05, 0.1) is 23.1 Å². The van der Waals surface area contributed by atoms with Crippen molar-refractivity contribution in [3.05, 3.63) is 33.4 Å². The molecule has 0 saturated carbocycles. The molecule has 3 aromatic rings. The Bertz CT molecular complexity index is 702. The molecule has 98 valence electrons. The highest BCUT2D eigenvalue weighted by atomic mass is 32.1. The minimum absolute atomic E-state index is 0.764. The van der Waals surface area contributed by atoms with E-state index < -0.39 is 0 Å². The molecule has 0 bridgehead atoms. The number of hydrogen-bond acceptors (Lipinski definition) is 6. The average Bonchev–Trinajstić information content (AvgIpc) is 3.02. The van der Waals surface area contributed by atoms with Crippen LogP contribution in [0.5, 0.6) is 0 Å². The van der Waals surface area contributed by atoms with Crippen molar-refractivity contribution in [1.29, 1.82) is 0 Å². The van der Waals surface area contributed by atoms with Crippen molar-refractivity contribution in [3.8, 4) is 0 Å². The first-order valence-electron chi connectivity index (χ1n) is 6.14. The summed E-state index contributed by atoms with van der Waals surface area (Å²) in [5, 5.41) is 4.51. The Hall–Kier alpha value is -1.53. The van der Waals surface area contributed by atoms with Gasteiger partial charge in [0, 0.05) is 9.75 Å². The number of nitrogens with one attached hydrogen (secondary N) is 1. The Morgan fingerprint density at radius 2 is 2.16 bits per heavy atom. The van der Waals surface area contributed by atoms with E-state index in [1.165, 1.54) is 9.75 Å². The van der Waals surface area contributed by atoms with Gasteiger partial charge in [0.1, 0.15) is 17.0 Å². The molecule has 0 aliphatic rings. The molecule has 0 amide bonds. The van der Waals surface area contributed by atoms with E-state index in [0.29, 0.717) is 0 Å². The number of rotatable bonds is 4. The smallest absolute Gasteiger partial charge is 0.138 e. The zero-order valence-corrected chi connectivity index (χ0v) is 12.4. The van der Waals surface area contributed by atoms with Crippen LogP contribution in [0.15, 0.2) is 17.9 Å². The lowest BCUT2D eigenvalue weighted by Crippen LogP contribution is -2.01. The van der Waals surface area contributed by atoms with Crippen LogP contribution in [0, 0.1) is 6.92 Å². The molecular weight excluding hydrogens is 276 g/mol. The SMILES string of the molecule is CCc1cc2c(NCc3scnc3C)ncnc2s1. The first-order chi connectivity index (χ1) is 9.28. The average molecular weight is 290 g/mol. The van der Waals surface area contributed by atoms with Crippen LogP contribution in [-0.4, -0.2) is 15.0 Å². The van der Waals surface area contributed by atoms with Crippen molar-refractivity contribution in [2.45, 2.75) is 26.8 Å². The van der Waals surface area contributed by atoms with Gasteiger partial charge in [-0.1, -0.05) is 6.92 Å². The Morgan fingerprint density at radius 3 is 2.89 bits per heavy atom. The maximum Gasteiger partial charge on any atom is 0.138 e. The van der Waals surface area contributed by atoms with E-state index in [2.05, 4.69) is 33.3 Å². The van der Waals surface area contributed by atoms with Crippen molar-refractivity contribution < 1.29 is 0 Å². The molecule has 6 heteroatoms. The monoisotopic (exact) mass is 290 g/mol. The highest BCUT2D eigenvalue weighted by Crippen LogP contribution is 2.28. The van der Waals surface area contributed by atoms with Crippen LogP contribution in [0.4, 0.5) is 5.82 Å². The van der Waals surface area contributed by atoms with Crippen molar-refractivity contribution in [3.63, 3.8) is 0 Å². The fourth-order valence-corrected chi connectivity index (χ4v) is 3.53. The zero-order chi connectivity index (χ0) is 13.2. The molecule has 0 unspecified atom stereocenters. The number of hydrogen-bond donors (Lipinski definition) is 1. The third kappa shape index (κ3) is 2.46. The van der Waals surface area contributed by atoms with Crippen LogP contribution in [0.2, 0.25) is 0 Å². The second-order valence-corrected chi connectivity index (χ2v) is 6.28. The highest BCUT2D eigenvalue weighted by molar-refractivity contribution is 7.18. The van der Waals surface area contributed by atoms with Gasteiger partial charge in [-0.15, -0.1) is 22.7 Å². The number of fused-ring (bicyclic) bond motifs is 1. The lowest BCUT2D eigenvalue weighted by molar-refractivity contribution is 1.09. The summed E-state index contributed by atoms with van der Waals surface area (Å²) >= 11 is 3.41. The van der Waals surface area contributed by atoms with Crippen LogP contribution >= 0.6 is 22.7 Å². The number of thiazole rings is 1. The van der Waals surface area contributed by atoms with Crippen molar-refractivity contribution >= 4 is 38.7 Å². The van der Waals surface area contributed by atoms with E-state index in [1.54, 1.807) is 29.0 Å². The lowest BCUT2D eigenvalue weighted by atomic mass is 10.3. The highest BCUT2D eigenvalue weighted by Gasteiger charge is 2.08. The molecule has 3 rings (SSSR count). The first-order valence-corrected chi connectivity index (χ1v) is 7.83. The molecule has 0 aromatic carbocycles. The topological polar surface area (TPSA) is 50.7 Å².